The maximum absolute atomic E-state index is 11.7. The predicted octanol–water partition coefficient (Wildman–Crippen LogP) is 1.63. The Bertz CT molecular complexity index is 490. The molecule has 0 bridgehead atoms. The van der Waals surface area contributed by atoms with E-state index in [0.29, 0.717) is 6.54 Å². The lowest BCUT2D eigenvalue weighted by Crippen LogP contribution is -2.48. The zero-order chi connectivity index (χ0) is 15.3. The summed E-state index contributed by atoms with van der Waals surface area (Å²) >= 11 is 0. The number of benzene rings is 1. The third-order valence-electron chi connectivity index (χ3n) is 2.76. The molecule has 0 aliphatic rings. The summed E-state index contributed by atoms with van der Waals surface area (Å²) in [6, 6.07) is 7.38. The lowest BCUT2D eigenvalue weighted by Gasteiger charge is -2.18. The van der Waals surface area contributed by atoms with Gasteiger partial charge in [0, 0.05) is 18.2 Å². The van der Waals surface area contributed by atoms with Gasteiger partial charge in [0.25, 0.3) is 0 Å². The number of nitrogens with two attached hydrogens (primary N) is 1. The van der Waals surface area contributed by atoms with Gasteiger partial charge >= 0.3 is 0 Å². The van der Waals surface area contributed by atoms with Crippen LogP contribution in [0.15, 0.2) is 24.3 Å². The van der Waals surface area contributed by atoms with Gasteiger partial charge in [0.15, 0.2) is 0 Å². The van der Waals surface area contributed by atoms with E-state index in [9.17, 15) is 9.59 Å². The van der Waals surface area contributed by atoms with Crippen molar-refractivity contribution in [2.45, 2.75) is 39.8 Å². The molecule has 0 spiro atoms. The van der Waals surface area contributed by atoms with Crippen molar-refractivity contribution in [2.24, 2.45) is 11.7 Å². The summed E-state index contributed by atoms with van der Waals surface area (Å²) in [4.78, 5) is 23.3. The molecule has 0 aliphatic carbocycles. The molecule has 5 heteroatoms. The normalized spacial score (nSPS) is 11.3. The van der Waals surface area contributed by atoms with Crippen LogP contribution in [0.4, 0.5) is 5.69 Å². The monoisotopic (exact) mass is 277 g/mol. The first-order valence-electron chi connectivity index (χ1n) is 6.67. The van der Waals surface area contributed by atoms with E-state index >= 15 is 0 Å². The van der Waals surface area contributed by atoms with Crippen molar-refractivity contribution >= 4 is 17.5 Å². The highest BCUT2D eigenvalue weighted by Crippen LogP contribution is 2.12. The molecule has 1 rings (SSSR count). The molecule has 0 atom stereocenters. The first-order chi connectivity index (χ1) is 9.20. The third-order valence-corrected chi connectivity index (χ3v) is 2.76. The molecule has 5 nitrogen and oxygen atoms in total. The Morgan fingerprint density at radius 1 is 1.30 bits per heavy atom. The van der Waals surface area contributed by atoms with E-state index in [1.54, 1.807) is 13.8 Å². The van der Waals surface area contributed by atoms with Crippen LogP contribution in [0, 0.1) is 5.92 Å². The Kier molecular flexibility index (Phi) is 5.27. The van der Waals surface area contributed by atoms with Crippen LogP contribution in [0.1, 0.15) is 33.3 Å². The SMILES string of the molecule is CC(C)C(=O)Nc1cccc(CNC(=O)C(C)(C)N)c1. The Balaban J connectivity index is 2.65. The predicted molar refractivity (Wildman–Crippen MR) is 80.0 cm³/mol. The Hall–Kier alpha value is -1.88. The molecule has 0 aromatic heterocycles. The van der Waals surface area contributed by atoms with Gasteiger partial charge in [-0.25, -0.2) is 0 Å². The minimum Gasteiger partial charge on any atom is -0.350 e. The van der Waals surface area contributed by atoms with Crippen molar-refractivity contribution in [3.8, 4) is 0 Å². The smallest absolute Gasteiger partial charge is 0.239 e. The molecule has 20 heavy (non-hydrogen) atoms. The molecule has 0 radical (unpaired) electrons. The number of amides is 2. The van der Waals surface area contributed by atoms with E-state index in [1.165, 1.54) is 0 Å². The molecule has 1 aromatic carbocycles. The fourth-order valence-electron chi connectivity index (χ4n) is 1.46. The van der Waals surface area contributed by atoms with Crippen LogP contribution >= 0.6 is 0 Å². The Labute approximate surface area is 119 Å². The number of hydrogen-bond acceptors (Lipinski definition) is 3. The molecular weight excluding hydrogens is 254 g/mol. The molecule has 110 valence electrons. The van der Waals surface area contributed by atoms with E-state index in [1.807, 2.05) is 38.1 Å². The summed E-state index contributed by atoms with van der Waals surface area (Å²) in [7, 11) is 0. The van der Waals surface area contributed by atoms with Crippen molar-refractivity contribution in [3.05, 3.63) is 29.8 Å². The van der Waals surface area contributed by atoms with Gasteiger partial charge in [-0.05, 0) is 31.5 Å². The van der Waals surface area contributed by atoms with Crippen LogP contribution < -0.4 is 16.4 Å². The number of carbonyl (C=O) groups is 2. The molecule has 0 unspecified atom stereocenters. The molecule has 0 saturated carbocycles. The third kappa shape index (κ3) is 5.01. The summed E-state index contributed by atoms with van der Waals surface area (Å²) in [5.41, 5.74) is 6.43. The largest absolute Gasteiger partial charge is 0.350 e. The van der Waals surface area contributed by atoms with Crippen molar-refractivity contribution < 1.29 is 9.59 Å². The van der Waals surface area contributed by atoms with E-state index in [2.05, 4.69) is 10.6 Å². The maximum atomic E-state index is 11.7. The number of anilines is 1. The zero-order valence-corrected chi connectivity index (χ0v) is 12.5. The number of carbonyl (C=O) groups excluding carboxylic acids is 2. The molecule has 0 saturated heterocycles. The lowest BCUT2D eigenvalue weighted by atomic mass is 10.1. The summed E-state index contributed by atoms with van der Waals surface area (Å²) in [6.07, 6.45) is 0. The maximum Gasteiger partial charge on any atom is 0.239 e. The minimum absolute atomic E-state index is 0.0331. The van der Waals surface area contributed by atoms with Crippen molar-refractivity contribution in [3.63, 3.8) is 0 Å². The van der Waals surface area contributed by atoms with Gasteiger partial charge in [0.1, 0.15) is 0 Å². The first-order valence-corrected chi connectivity index (χ1v) is 6.67. The molecule has 0 fully saturated rings. The topological polar surface area (TPSA) is 84.2 Å². The van der Waals surface area contributed by atoms with E-state index in [-0.39, 0.29) is 17.7 Å². The Morgan fingerprint density at radius 2 is 1.95 bits per heavy atom. The molecule has 0 aliphatic heterocycles. The van der Waals surface area contributed by atoms with Crippen molar-refractivity contribution in [1.29, 1.82) is 0 Å². The van der Waals surface area contributed by atoms with Crippen LogP contribution in [-0.4, -0.2) is 17.4 Å². The second-order valence-corrected chi connectivity index (χ2v) is 5.75. The Morgan fingerprint density at radius 3 is 2.50 bits per heavy atom. The second kappa shape index (κ2) is 6.52. The summed E-state index contributed by atoms with van der Waals surface area (Å²) in [5.74, 6) is -0.320. The van der Waals surface area contributed by atoms with Gasteiger partial charge in [-0.1, -0.05) is 26.0 Å². The molecule has 1 aromatic rings. The molecule has 4 N–H and O–H groups in total. The van der Waals surface area contributed by atoms with Gasteiger partial charge in [0.2, 0.25) is 11.8 Å². The number of hydrogen-bond donors (Lipinski definition) is 3. The standard InChI is InChI=1S/C15H23N3O2/c1-10(2)13(19)18-12-7-5-6-11(8-12)9-17-14(20)15(3,4)16/h5-8,10H,9,16H2,1-4H3,(H,17,20)(H,18,19). The highest BCUT2D eigenvalue weighted by atomic mass is 16.2. The fourth-order valence-corrected chi connectivity index (χ4v) is 1.46. The summed E-state index contributed by atoms with van der Waals surface area (Å²) < 4.78 is 0. The van der Waals surface area contributed by atoms with E-state index in [0.717, 1.165) is 11.3 Å². The highest BCUT2D eigenvalue weighted by Gasteiger charge is 2.21. The first kappa shape index (κ1) is 16.2. The average molecular weight is 277 g/mol. The van der Waals surface area contributed by atoms with Gasteiger partial charge in [-0.3, -0.25) is 9.59 Å². The van der Waals surface area contributed by atoms with Crippen LogP contribution in [0.25, 0.3) is 0 Å². The zero-order valence-electron chi connectivity index (χ0n) is 12.5. The van der Waals surface area contributed by atoms with E-state index in [4.69, 9.17) is 5.73 Å². The lowest BCUT2D eigenvalue weighted by molar-refractivity contribution is -0.125. The van der Waals surface area contributed by atoms with Gasteiger partial charge < -0.3 is 16.4 Å². The van der Waals surface area contributed by atoms with Crippen molar-refractivity contribution in [1.82, 2.24) is 5.32 Å². The number of rotatable bonds is 5. The van der Waals surface area contributed by atoms with E-state index < -0.39 is 5.54 Å². The minimum atomic E-state index is -0.899. The van der Waals surface area contributed by atoms with Crippen molar-refractivity contribution in [2.75, 3.05) is 5.32 Å². The van der Waals surface area contributed by atoms with Crippen LogP contribution in [0.5, 0.6) is 0 Å². The van der Waals surface area contributed by atoms with Crippen LogP contribution in [-0.2, 0) is 16.1 Å². The highest BCUT2D eigenvalue weighted by molar-refractivity contribution is 5.92. The molecule has 0 heterocycles. The molecule has 2 amide bonds. The van der Waals surface area contributed by atoms with Gasteiger partial charge in [0.05, 0.1) is 5.54 Å². The average Bonchev–Trinajstić information content (AvgIpc) is 2.35. The second-order valence-electron chi connectivity index (χ2n) is 5.75. The summed E-state index contributed by atoms with van der Waals surface area (Å²) in [6.45, 7) is 7.36. The number of nitrogens with one attached hydrogen (secondary N) is 2. The van der Waals surface area contributed by atoms with Gasteiger partial charge in [-0.15, -0.1) is 0 Å². The summed E-state index contributed by atoms with van der Waals surface area (Å²) in [5, 5.41) is 5.59. The molecular formula is C15H23N3O2. The van der Waals surface area contributed by atoms with Crippen LogP contribution in [0.3, 0.4) is 0 Å². The van der Waals surface area contributed by atoms with Crippen LogP contribution in [0.2, 0.25) is 0 Å². The van der Waals surface area contributed by atoms with Gasteiger partial charge in [-0.2, -0.15) is 0 Å². The fraction of sp³-hybridized carbons (Fsp3) is 0.467. The quantitative estimate of drug-likeness (QED) is 0.765.